The summed E-state index contributed by atoms with van der Waals surface area (Å²) in [5, 5.41) is 5.27. The van der Waals surface area contributed by atoms with Crippen LogP contribution in [0.2, 0.25) is 0 Å². The Morgan fingerprint density at radius 1 is 1.50 bits per heavy atom. The van der Waals surface area contributed by atoms with E-state index in [1.54, 1.807) is 11.3 Å². The smallest absolute Gasteiger partial charge is 0.267 e. The molecule has 7 heteroatoms. The first-order chi connectivity index (χ1) is 10.7. The molecule has 0 saturated carbocycles. The van der Waals surface area contributed by atoms with Gasteiger partial charge in [-0.1, -0.05) is 17.8 Å². The second-order valence-electron chi connectivity index (χ2n) is 5.70. The lowest BCUT2D eigenvalue weighted by molar-refractivity contribution is 0.0710. The summed E-state index contributed by atoms with van der Waals surface area (Å²) >= 11 is 2.97. The highest BCUT2D eigenvalue weighted by molar-refractivity contribution is 7.11. The van der Waals surface area contributed by atoms with Crippen molar-refractivity contribution in [3.8, 4) is 0 Å². The molecule has 2 aromatic rings. The van der Waals surface area contributed by atoms with Gasteiger partial charge in [0.1, 0.15) is 4.88 Å². The predicted molar refractivity (Wildman–Crippen MR) is 88.6 cm³/mol. The highest BCUT2D eigenvalue weighted by Crippen LogP contribution is 2.31. The minimum Gasteiger partial charge on any atom is -0.337 e. The fraction of sp³-hybridized carbons (Fsp3) is 0.600. The first kappa shape index (κ1) is 15.6. The lowest BCUT2D eigenvalue weighted by Gasteiger charge is -2.31. The maximum Gasteiger partial charge on any atom is 0.267 e. The molecule has 1 atom stereocenters. The third-order valence-corrected chi connectivity index (χ3v) is 5.77. The van der Waals surface area contributed by atoms with Crippen molar-refractivity contribution in [2.75, 3.05) is 13.1 Å². The van der Waals surface area contributed by atoms with Gasteiger partial charge in [-0.3, -0.25) is 4.79 Å². The van der Waals surface area contributed by atoms with E-state index in [2.05, 4.69) is 28.4 Å². The van der Waals surface area contributed by atoms with Crippen molar-refractivity contribution < 1.29 is 4.79 Å². The van der Waals surface area contributed by atoms with Crippen LogP contribution in [-0.2, 0) is 6.42 Å². The zero-order valence-corrected chi connectivity index (χ0v) is 14.5. The Morgan fingerprint density at radius 2 is 2.36 bits per heavy atom. The van der Waals surface area contributed by atoms with E-state index < -0.39 is 0 Å². The van der Waals surface area contributed by atoms with E-state index in [4.69, 9.17) is 0 Å². The molecule has 0 unspecified atom stereocenters. The summed E-state index contributed by atoms with van der Waals surface area (Å²) in [7, 11) is 0. The van der Waals surface area contributed by atoms with Gasteiger partial charge in [-0.05, 0) is 37.7 Å². The Labute approximate surface area is 138 Å². The van der Waals surface area contributed by atoms with E-state index in [0.717, 1.165) is 54.4 Å². The molecule has 118 valence electrons. The fourth-order valence-corrected chi connectivity index (χ4v) is 4.42. The van der Waals surface area contributed by atoms with Gasteiger partial charge in [0.15, 0.2) is 0 Å². The molecule has 22 heavy (non-hydrogen) atoms. The molecule has 1 fully saturated rings. The highest BCUT2D eigenvalue weighted by Gasteiger charge is 2.29. The molecule has 1 saturated heterocycles. The number of thiazole rings is 1. The zero-order chi connectivity index (χ0) is 15.5. The van der Waals surface area contributed by atoms with Crippen molar-refractivity contribution in [3.05, 3.63) is 26.7 Å². The topological polar surface area (TPSA) is 59.0 Å². The van der Waals surface area contributed by atoms with E-state index in [9.17, 15) is 4.79 Å². The van der Waals surface area contributed by atoms with Crippen LogP contribution in [0.5, 0.6) is 0 Å². The second-order valence-corrected chi connectivity index (χ2v) is 7.72. The summed E-state index contributed by atoms with van der Waals surface area (Å²) in [6.45, 7) is 5.75. The predicted octanol–water partition coefficient (Wildman–Crippen LogP) is 3.28. The van der Waals surface area contributed by atoms with Crippen molar-refractivity contribution in [3.63, 3.8) is 0 Å². The lowest BCUT2D eigenvalue weighted by Crippen LogP contribution is -2.39. The average molecular weight is 336 g/mol. The molecular formula is C15H20N4OS2. The maximum atomic E-state index is 12.8. The third-order valence-electron chi connectivity index (χ3n) is 3.93. The number of piperidine rings is 1. The fourth-order valence-electron chi connectivity index (χ4n) is 2.84. The van der Waals surface area contributed by atoms with Crippen molar-refractivity contribution in [2.45, 2.75) is 45.4 Å². The molecule has 1 amide bonds. The molecule has 0 N–H and O–H groups in total. The number of aryl methyl sites for hydroxylation is 2. The lowest BCUT2D eigenvalue weighted by atomic mass is 9.98. The van der Waals surface area contributed by atoms with Gasteiger partial charge >= 0.3 is 0 Å². The van der Waals surface area contributed by atoms with Crippen LogP contribution in [0.3, 0.4) is 0 Å². The van der Waals surface area contributed by atoms with Crippen LogP contribution in [0.1, 0.15) is 57.4 Å². The molecule has 0 radical (unpaired) electrons. The van der Waals surface area contributed by atoms with E-state index in [1.165, 1.54) is 16.4 Å². The summed E-state index contributed by atoms with van der Waals surface area (Å²) in [6.07, 6.45) is 5.87. The average Bonchev–Trinajstić information content (AvgIpc) is 3.16. The number of hydrogen-bond donors (Lipinski definition) is 0. The van der Waals surface area contributed by atoms with Crippen molar-refractivity contribution >= 4 is 28.8 Å². The monoisotopic (exact) mass is 336 g/mol. The highest BCUT2D eigenvalue weighted by atomic mass is 32.1. The number of nitrogens with zero attached hydrogens (tertiary/aromatic N) is 4. The number of carbonyl (C=O) groups excluding carboxylic acids is 1. The summed E-state index contributed by atoms with van der Waals surface area (Å²) in [4.78, 5) is 21.2. The Morgan fingerprint density at radius 3 is 3.09 bits per heavy atom. The summed E-state index contributed by atoms with van der Waals surface area (Å²) in [6, 6.07) is 0. The van der Waals surface area contributed by atoms with Crippen LogP contribution in [0.4, 0.5) is 0 Å². The Hall–Kier alpha value is -1.34. The molecule has 0 aliphatic carbocycles. The van der Waals surface area contributed by atoms with Crippen molar-refractivity contribution in [2.24, 2.45) is 0 Å². The first-order valence-electron chi connectivity index (χ1n) is 7.72. The van der Waals surface area contributed by atoms with Gasteiger partial charge in [-0.15, -0.1) is 16.4 Å². The van der Waals surface area contributed by atoms with Crippen LogP contribution >= 0.6 is 22.9 Å². The summed E-state index contributed by atoms with van der Waals surface area (Å²) in [5.41, 5.74) is 0.852. The van der Waals surface area contributed by atoms with Gasteiger partial charge in [0.25, 0.3) is 5.91 Å². The van der Waals surface area contributed by atoms with Gasteiger partial charge in [0, 0.05) is 30.1 Å². The quantitative estimate of drug-likeness (QED) is 0.860. The number of carbonyl (C=O) groups is 1. The van der Waals surface area contributed by atoms with E-state index in [1.807, 2.05) is 11.1 Å². The summed E-state index contributed by atoms with van der Waals surface area (Å²) in [5.74, 6) is 0.461. The van der Waals surface area contributed by atoms with Crippen LogP contribution in [-0.4, -0.2) is 38.5 Å². The number of hydrogen-bond acceptors (Lipinski definition) is 6. The zero-order valence-electron chi connectivity index (χ0n) is 12.9. The van der Waals surface area contributed by atoms with Gasteiger partial charge in [-0.2, -0.15) is 0 Å². The number of likely N-dealkylation sites (tertiary alicyclic amines) is 1. The van der Waals surface area contributed by atoms with Crippen LogP contribution < -0.4 is 0 Å². The minimum atomic E-state index is 0.0939. The molecule has 0 aromatic carbocycles. The van der Waals surface area contributed by atoms with Crippen LogP contribution in [0.25, 0.3) is 0 Å². The van der Waals surface area contributed by atoms with Crippen LogP contribution in [0, 0.1) is 6.92 Å². The van der Waals surface area contributed by atoms with Gasteiger partial charge in [0.05, 0.1) is 10.7 Å². The first-order valence-corrected chi connectivity index (χ1v) is 9.30. The van der Waals surface area contributed by atoms with Crippen molar-refractivity contribution in [1.82, 2.24) is 19.5 Å². The summed E-state index contributed by atoms with van der Waals surface area (Å²) < 4.78 is 3.97. The standard InChI is InChI=1S/C15H20N4OS2/c1-3-5-12-13(22-18-17-12)15(20)19-7-4-6-11(9-19)14-16-8-10(2)21-14/h8,11H,3-7,9H2,1-2H3/t11-/m1/s1. The normalized spacial score (nSPS) is 18.6. The molecule has 2 aromatic heterocycles. The Kier molecular flexibility index (Phi) is 4.83. The third kappa shape index (κ3) is 3.20. The maximum absolute atomic E-state index is 12.8. The van der Waals surface area contributed by atoms with E-state index in [0.29, 0.717) is 5.92 Å². The molecule has 1 aliphatic rings. The second kappa shape index (κ2) is 6.83. The van der Waals surface area contributed by atoms with E-state index >= 15 is 0 Å². The molecular weight excluding hydrogens is 316 g/mol. The molecule has 3 rings (SSSR count). The van der Waals surface area contributed by atoms with E-state index in [-0.39, 0.29) is 5.91 Å². The van der Waals surface area contributed by atoms with Gasteiger partial charge in [0.2, 0.25) is 0 Å². The van der Waals surface area contributed by atoms with Crippen LogP contribution in [0.15, 0.2) is 6.20 Å². The Bertz CT molecular complexity index is 652. The molecule has 1 aliphatic heterocycles. The number of amides is 1. The minimum absolute atomic E-state index is 0.0939. The molecule has 5 nitrogen and oxygen atoms in total. The molecule has 0 bridgehead atoms. The van der Waals surface area contributed by atoms with Gasteiger partial charge in [-0.25, -0.2) is 4.98 Å². The Balaban J connectivity index is 1.74. The number of rotatable bonds is 4. The molecule has 0 spiro atoms. The largest absolute Gasteiger partial charge is 0.337 e. The van der Waals surface area contributed by atoms with Crippen molar-refractivity contribution in [1.29, 1.82) is 0 Å². The van der Waals surface area contributed by atoms with Gasteiger partial charge < -0.3 is 4.90 Å². The number of aromatic nitrogens is 3. The SMILES string of the molecule is CCCc1nnsc1C(=O)N1CCC[C@@H](c2ncc(C)s2)C1. The molecule has 3 heterocycles.